The van der Waals surface area contributed by atoms with Crippen molar-refractivity contribution in [3.8, 4) is 0 Å². The molecular weight excluding hydrogens is 316 g/mol. The Labute approximate surface area is 153 Å². The van der Waals surface area contributed by atoms with Crippen molar-refractivity contribution in [1.29, 1.82) is 0 Å². The lowest BCUT2D eigenvalue weighted by Gasteiger charge is -2.33. The second-order valence-corrected chi connectivity index (χ2v) is 7.80. The summed E-state index contributed by atoms with van der Waals surface area (Å²) < 4.78 is 5.37. The van der Waals surface area contributed by atoms with Crippen LogP contribution in [0.15, 0.2) is 4.99 Å². The largest absolute Gasteiger partial charge is 0.387 e. The van der Waals surface area contributed by atoms with E-state index >= 15 is 0 Å². The lowest BCUT2D eigenvalue weighted by atomic mass is 10.0. The third-order valence-electron chi connectivity index (χ3n) is 5.15. The van der Waals surface area contributed by atoms with Crippen LogP contribution >= 0.6 is 0 Å². The van der Waals surface area contributed by atoms with Crippen LogP contribution in [0.5, 0.6) is 0 Å². The molecule has 2 rings (SSSR count). The van der Waals surface area contributed by atoms with Crippen molar-refractivity contribution < 1.29 is 9.84 Å². The number of guanidine groups is 1. The molecule has 1 aliphatic carbocycles. The quantitative estimate of drug-likeness (QED) is 0.333. The number of hydrogen-bond acceptors (Lipinski definition) is 4. The van der Waals surface area contributed by atoms with Gasteiger partial charge in [0.2, 0.25) is 0 Å². The molecule has 0 aromatic carbocycles. The lowest BCUT2D eigenvalue weighted by molar-refractivity contribution is -0.0179. The van der Waals surface area contributed by atoms with Gasteiger partial charge in [0.15, 0.2) is 5.96 Å². The highest BCUT2D eigenvalue weighted by atomic mass is 16.5. The highest BCUT2D eigenvalue weighted by molar-refractivity contribution is 5.79. The van der Waals surface area contributed by atoms with Crippen LogP contribution < -0.4 is 10.6 Å². The fourth-order valence-corrected chi connectivity index (χ4v) is 3.78. The second-order valence-electron chi connectivity index (χ2n) is 7.80. The number of nitrogens with one attached hydrogen (secondary N) is 2. The van der Waals surface area contributed by atoms with E-state index in [9.17, 15) is 5.11 Å². The molecule has 0 spiro atoms. The highest BCUT2D eigenvalue weighted by Gasteiger charge is 2.25. The zero-order valence-electron chi connectivity index (χ0n) is 16.2. The Hall–Kier alpha value is -0.850. The molecule has 1 heterocycles. The van der Waals surface area contributed by atoms with Crippen LogP contribution in [0.25, 0.3) is 0 Å². The SMILES string of the molecule is CCNC(=NCC(C)(O)CN1CCOCC1)NCCCC1CCCC1. The van der Waals surface area contributed by atoms with E-state index in [1.807, 2.05) is 6.92 Å². The first-order chi connectivity index (χ1) is 12.1. The summed E-state index contributed by atoms with van der Waals surface area (Å²) in [4.78, 5) is 6.86. The summed E-state index contributed by atoms with van der Waals surface area (Å²) in [6.45, 7) is 10.1. The van der Waals surface area contributed by atoms with Crippen LogP contribution in [-0.2, 0) is 4.74 Å². The molecular formula is C19H38N4O2. The molecule has 1 saturated heterocycles. The van der Waals surface area contributed by atoms with Crippen molar-refractivity contribution in [2.24, 2.45) is 10.9 Å². The minimum atomic E-state index is -0.816. The summed E-state index contributed by atoms with van der Waals surface area (Å²) in [5.41, 5.74) is -0.816. The summed E-state index contributed by atoms with van der Waals surface area (Å²) >= 11 is 0. The molecule has 1 aliphatic heterocycles. The number of β-amino-alcohol motifs (C(OH)–C–C–N with tert-alkyl or cyclic N) is 1. The van der Waals surface area contributed by atoms with Crippen LogP contribution in [0.1, 0.15) is 52.4 Å². The molecule has 6 nitrogen and oxygen atoms in total. The van der Waals surface area contributed by atoms with Gasteiger partial charge in [-0.25, -0.2) is 0 Å². The summed E-state index contributed by atoms with van der Waals surface area (Å²) in [6.07, 6.45) is 8.18. The van der Waals surface area contributed by atoms with Gasteiger partial charge in [0.05, 0.1) is 25.4 Å². The fourth-order valence-electron chi connectivity index (χ4n) is 3.78. The Morgan fingerprint density at radius 3 is 2.64 bits per heavy atom. The van der Waals surface area contributed by atoms with Crippen LogP contribution in [0, 0.1) is 5.92 Å². The van der Waals surface area contributed by atoms with E-state index < -0.39 is 5.60 Å². The number of ether oxygens (including phenoxy) is 1. The minimum absolute atomic E-state index is 0.405. The Balaban J connectivity index is 1.70. The fraction of sp³-hybridized carbons (Fsp3) is 0.947. The van der Waals surface area contributed by atoms with Gasteiger partial charge in [0.25, 0.3) is 0 Å². The van der Waals surface area contributed by atoms with E-state index in [1.54, 1.807) is 0 Å². The van der Waals surface area contributed by atoms with Crippen molar-refractivity contribution in [3.05, 3.63) is 0 Å². The minimum Gasteiger partial charge on any atom is -0.387 e. The van der Waals surface area contributed by atoms with Crippen LogP contribution in [-0.4, -0.2) is 74.0 Å². The van der Waals surface area contributed by atoms with Gasteiger partial charge in [-0.3, -0.25) is 9.89 Å². The molecule has 3 N–H and O–H groups in total. The van der Waals surface area contributed by atoms with Gasteiger partial charge in [-0.2, -0.15) is 0 Å². The van der Waals surface area contributed by atoms with E-state index in [4.69, 9.17) is 4.74 Å². The number of hydrogen-bond donors (Lipinski definition) is 3. The van der Waals surface area contributed by atoms with E-state index in [0.717, 1.165) is 51.3 Å². The third-order valence-corrected chi connectivity index (χ3v) is 5.15. The Bertz CT molecular complexity index is 389. The number of aliphatic hydroxyl groups is 1. The van der Waals surface area contributed by atoms with Gasteiger partial charge >= 0.3 is 0 Å². The van der Waals surface area contributed by atoms with E-state index in [0.29, 0.717) is 13.1 Å². The summed E-state index contributed by atoms with van der Waals surface area (Å²) in [5, 5.41) is 17.4. The Kier molecular flexibility index (Phi) is 8.99. The molecule has 0 amide bonds. The molecule has 0 aromatic heterocycles. The van der Waals surface area contributed by atoms with E-state index in [-0.39, 0.29) is 0 Å². The zero-order chi connectivity index (χ0) is 18.0. The van der Waals surface area contributed by atoms with Gasteiger partial charge in [0.1, 0.15) is 0 Å². The standard InChI is InChI=1S/C19H38N4O2/c1-3-20-18(21-10-6-9-17-7-4-5-8-17)22-15-19(2,24)16-23-11-13-25-14-12-23/h17,24H,3-16H2,1-2H3,(H2,20,21,22). The normalized spacial score (nSPS) is 22.8. The molecule has 2 fully saturated rings. The molecule has 0 radical (unpaired) electrons. The predicted molar refractivity (Wildman–Crippen MR) is 103 cm³/mol. The maximum absolute atomic E-state index is 10.7. The van der Waals surface area contributed by atoms with E-state index in [2.05, 4.69) is 27.4 Å². The number of nitrogens with zero attached hydrogens (tertiary/aromatic N) is 2. The molecule has 6 heteroatoms. The van der Waals surface area contributed by atoms with Crippen LogP contribution in [0.4, 0.5) is 0 Å². The number of rotatable bonds is 9. The molecule has 0 aromatic rings. The monoisotopic (exact) mass is 354 g/mol. The van der Waals surface area contributed by atoms with Crippen molar-refractivity contribution in [1.82, 2.24) is 15.5 Å². The van der Waals surface area contributed by atoms with Crippen molar-refractivity contribution >= 4 is 5.96 Å². The molecule has 146 valence electrons. The summed E-state index contributed by atoms with van der Waals surface area (Å²) in [6, 6.07) is 0. The molecule has 1 saturated carbocycles. The lowest BCUT2D eigenvalue weighted by Crippen LogP contribution is -2.48. The van der Waals surface area contributed by atoms with Crippen molar-refractivity contribution in [3.63, 3.8) is 0 Å². The van der Waals surface area contributed by atoms with Crippen LogP contribution in [0.3, 0.4) is 0 Å². The average molecular weight is 355 g/mol. The topological polar surface area (TPSA) is 69.1 Å². The van der Waals surface area contributed by atoms with Gasteiger partial charge in [-0.15, -0.1) is 0 Å². The Morgan fingerprint density at radius 2 is 1.96 bits per heavy atom. The maximum atomic E-state index is 10.7. The third kappa shape index (κ3) is 8.38. The second kappa shape index (κ2) is 11.0. The highest BCUT2D eigenvalue weighted by Crippen LogP contribution is 2.28. The van der Waals surface area contributed by atoms with Gasteiger partial charge in [-0.1, -0.05) is 25.7 Å². The Morgan fingerprint density at radius 1 is 1.24 bits per heavy atom. The molecule has 0 bridgehead atoms. The first-order valence-electron chi connectivity index (χ1n) is 10.1. The summed E-state index contributed by atoms with van der Waals surface area (Å²) in [7, 11) is 0. The molecule has 2 aliphatic rings. The van der Waals surface area contributed by atoms with E-state index in [1.165, 1.54) is 38.5 Å². The smallest absolute Gasteiger partial charge is 0.191 e. The molecule has 1 unspecified atom stereocenters. The van der Waals surface area contributed by atoms with Gasteiger partial charge in [-0.05, 0) is 32.6 Å². The van der Waals surface area contributed by atoms with Crippen molar-refractivity contribution in [2.75, 3.05) is 52.5 Å². The zero-order valence-corrected chi connectivity index (χ0v) is 16.2. The summed E-state index contributed by atoms with van der Waals surface area (Å²) in [5.74, 6) is 1.76. The maximum Gasteiger partial charge on any atom is 0.191 e. The first kappa shape index (κ1) is 20.5. The number of morpholine rings is 1. The predicted octanol–water partition coefficient (Wildman–Crippen LogP) is 1.60. The average Bonchev–Trinajstić information content (AvgIpc) is 3.10. The van der Waals surface area contributed by atoms with Crippen LogP contribution in [0.2, 0.25) is 0 Å². The number of aliphatic imine (C=N–C) groups is 1. The van der Waals surface area contributed by atoms with Gasteiger partial charge < -0.3 is 20.5 Å². The first-order valence-corrected chi connectivity index (χ1v) is 10.1. The van der Waals surface area contributed by atoms with Crippen molar-refractivity contribution in [2.45, 2.75) is 58.0 Å². The molecule has 1 atom stereocenters. The molecule has 25 heavy (non-hydrogen) atoms. The van der Waals surface area contributed by atoms with Gasteiger partial charge in [0, 0.05) is 32.7 Å².